The zero-order valence-electron chi connectivity index (χ0n) is 11.1. The molecular weight excluding hydrogens is 212 g/mol. The molecule has 17 heavy (non-hydrogen) atoms. The fourth-order valence-electron chi connectivity index (χ4n) is 3.27. The van der Waals surface area contributed by atoms with Gasteiger partial charge in [0.05, 0.1) is 6.04 Å². The maximum atomic E-state index is 11.0. The van der Waals surface area contributed by atoms with Gasteiger partial charge in [-0.15, -0.1) is 0 Å². The highest BCUT2D eigenvalue weighted by atomic mass is 16.1. The number of carbonyl (C=O) groups excluding carboxylic acids is 1. The lowest BCUT2D eigenvalue weighted by atomic mass is 9.98. The largest absolute Gasteiger partial charge is 0.303 e. The molecule has 2 heterocycles. The van der Waals surface area contributed by atoms with Crippen LogP contribution in [-0.4, -0.2) is 54.9 Å². The van der Waals surface area contributed by atoms with Crippen LogP contribution in [0.1, 0.15) is 44.9 Å². The van der Waals surface area contributed by atoms with E-state index in [-0.39, 0.29) is 6.04 Å². The van der Waals surface area contributed by atoms with Crippen LogP contribution >= 0.6 is 0 Å². The number of likely N-dealkylation sites (tertiary alicyclic amines) is 2. The van der Waals surface area contributed by atoms with E-state index in [9.17, 15) is 4.79 Å². The van der Waals surface area contributed by atoms with E-state index < -0.39 is 0 Å². The minimum absolute atomic E-state index is 0.206. The first-order valence-electron chi connectivity index (χ1n) is 7.21. The maximum Gasteiger partial charge on any atom is 0.137 e. The molecule has 3 heteroatoms. The summed E-state index contributed by atoms with van der Waals surface area (Å²) in [7, 11) is 2.25. The fourth-order valence-corrected chi connectivity index (χ4v) is 3.27. The Balaban J connectivity index is 1.77. The molecule has 2 aliphatic heterocycles. The van der Waals surface area contributed by atoms with Gasteiger partial charge in [0.1, 0.15) is 6.29 Å². The summed E-state index contributed by atoms with van der Waals surface area (Å²) in [6.45, 7) is 3.49. The third-order valence-corrected chi connectivity index (χ3v) is 4.49. The monoisotopic (exact) mass is 238 g/mol. The Labute approximate surface area is 105 Å². The van der Waals surface area contributed by atoms with Crippen molar-refractivity contribution < 1.29 is 4.79 Å². The summed E-state index contributed by atoms with van der Waals surface area (Å²) in [6, 6.07) is 0.954. The Morgan fingerprint density at radius 1 is 1.12 bits per heavy atom. The van der Waals surface area contributed by atoms with Crippen molar-refractivity contribution in [3.8, 4) is 0 Å². The van der Waals surface area contributed by atoms with Crippen molar-refractivity contribution >= 4 is 6.29 Å². The van der Waals surface area contributed by atoms with Crippen LogP contribution in [0.2, 0.25) is 0 Å². The first-order chi connectivity index (χ1) is 8.31. The predicted octanol–water partition coefficient (Wildman–Crippen LogP) is 1.91. The maximum absolute atomic E-state index is 11.0. The molecule has 98 valence electrons. The van der Waals surface area contributed by atoms with Crippen LogP contribution in [-0.2, 0) is 4.79 Å². The van der Waals surface area contributed by atoms with Gasteiger partial charge >= 0.3 is 0 Å². The molecule has 0 aromatic rings. The van der Waals surface area contributed by atoms with Crippen molar-refractivity contribution in [1.82, 2.24) is 9.80 Å². The number of rotatable bonds is 4. The number of aldehydes is 1. The summed E-state index contributed by atoms with van der Waals surface area (Å²) >= 11 is 0. The van der Waals surface area contributed by atoms with Crippen LogP contribution in [0.15, 0.2) is 0 Å². The molecule has 2 aliphatic rings. The molecule has 0 radical (unpaired) electrons. The second-order valence-corrected chi connectivity index (χ2v) is 5.65. The Hall–Kier alpha value is -0.410. The first-order valence-corrected chi connectivity index (χ1v) is 7.21. The standard InChI is InChI=1S/C14H26N2O/c1-15-9-4-2-6-13(15)8-11-16-10-5-3-7-14(16)12-17/h12-14H,2-11H2,1H3. The number of hydrogen-bond acceptors (Lipinski definition) is 3. The Kier molecular flexibility index (Phi) is 4.99. The molecule has 2 fully saturated rings. The zero-order valence-corrected chi connectivity index (χ0v) is 11.1. The van der Waals surface area contributed by atoms with Gasteiger partial charge in [-0.3, -0.25) is 4.90 Å². The topological polar surface area (TPSA) is 23.6 Å². The third kappa shape index (κ3) is 3.52. The van der Waals surface area contributed by atoms with Crippen molar-refractivity contribution in [1.29, 1.82) is 0 Å². The van der Waals surface area contributed by atoms with E-state index >= 15 is 0 Å². The van der Waals surface area contributed by atoms with Gasteiger partial charge in [-0.25, -0.2) is 0 Å². The molecule has 0 bridgehead atoms. The summed E-state index contributed by atoms with van der Waals surface area (Å²) < 4.78 is 0. The number of carbonyl (C=O) groups is 1. The van der Waals surface area contributed by atoms with Crippen molar-refractivity contribution in [2.75, 3.05) is 26.7 Å². The lowest BCUT2D eigenvalue weighted by Crippen LogP contribution is -2.44. The molecule has 0 aromatic carbocycles. The average molecular weight is 238 g/mol. The lowest BCUT2D eigenvalue weighted by Gasteiger charge is -2.37. The van der Waals surface area contributed by atoms with Crippen LogP contribution in [0.3, 0.4) is 0 Å². The van der Waals surface area contributed by atoms with Crippen LogP contribution in [0.5, 0.6) is 0 Å². The Morgan fingerprint density at radius 3 is 2.65 bits per heavy atom. The minimum Gasteiger partial charge on any atom is -0.303 e. The van der Waals surface area contributed by atoms with Gasteiger partial charge in [-0.2, -0.15) is 0 Å². The summed E-state index contributed by atoms with van der Waals surface area (Å²) in [4.78, 5) is 15.9. The molecule has 3 nitrogen and oxygen atoms in total. The van der Waals surface area contributed by atoms with Crippen LogP contribution in [0.25, 0.3) is 0 Å². The van der Waals surface area contributed by atoms with E-state index in [4.69, 9.17) is 0 Å². The van der Waals surface area contributed by atoms with E-state index in [1.54, 1.807) is 0 Å². The van der Waals surface area contributed by atoms with Crippen molar-refractivity contribution in [3.05, 3.63) is 0 Å². The van der Waals surface area contributed by atoms with Gasteiger partial charge in [-0.1, -0.05) is 12.8 Å². The molecule has 0 saturated carbocycles. The third-order valence-electron chi connectivity index (χ3n) is 4.49. The van der Waals surface area contributed by atoms with Gasteiger partial charge in [0.15, 0.2) is 0 Å². The molecule has 0 N–H and O–H groups in total. The van der Waals surface area contributed by atoms with Gasteiger partial charge in [0.25, 0.3) is 0 Å². The van der Waals surface area contributed by atoms with E-state index in [0.29, 0.717) is 0 Å². The fraction of sp³-hybridized carbons (Fsp3) is 0.929. The highest BCUT2D eigenvalue weighted by molar-refractivity contribution is 5.57. The second kappa shape index (κ2) is 6.50. The molecule has 2 saturated heterocycles. The summed E-state index contributed by atoms with van der Waals surface area (Å²) in [6.07, 6.45) is 10.0. The van der Waals surface area contributed by atoms with Gasteiger partial charge < -0.3 is 9.69 Å². The quantitative estimate of drug-likeness (QED) is 0.699. The van der Waals surface area contributed by atoms with Gasteiger partial charge in [0, 0.05) is 12.6 Å². The van der Waals surface area contributed by atoms with E-state index in [1.165, 1.54) is 45.1 Å². The Morgan fingerprint density at radius 2 is 1.88 bits per heavy atom. The van der Waals surface area contributed by atoms with Crippen LogP contribution in [0, 0.1) is 0 Å². The van der Waals surface area contributed by atoms with E-state index in [2.05, 4.69) is 16.8 Å². The van der Waals surface area contributed by atoms with Gasteiger partial charge in [0.2, 0.25) is 0 Å². The van der Waals surface area contributed by atoms with E-state index in [1.807, 2.05) is 0 Å². The van der Waals surface area contributed by atoms with Crippen LogP contribution < -0.4 is 0 Å². The zero-order chi connectivity index (χ0) is 12.1. The van der Waals surface area contributed by atoms with Gasteiger partial charge in [-0.05, 0) is 52.2 Å². The van der Waals surface area contributed by atoms with Crippen LogP contribution in [0.4, 0.5) is 0 Å². The Bertz CT molecular complexity index is 244. The molecular formula is C14H26N2O. The second-order valence-electron chi connectivity index (χ2n) is 5.65. The first kappa shape index (κ1) is 13.0. The van der Waals surface area contributed by atoms with E-state index in [0.717, 1.165) is 31.8 Å². The van der Waals surface area contributed by atoms with Crippen molar-refractivity contribution in [2.24, 2.45) is 0 Å². The highest BCUT2D eigenvalue weighted by Gasteiger charge is 2.24. The highest BCUT2D eigenvalue weighted by Crippen LogP contribution is 2.20. The summed E-state index contributed by atoms with van der Waals surface area (Å²) in [5.41, 5.74) is 0. The molecule has 0 aromatic heterocycles. The SMILES string of the molecule is CN1CCCCC1CCN1CCCCC1C=O. The summed E-state index contributed by atoms with van der Waals surface area (Å²) in [5, 5.41) is 0. The smallest absolute Gasteiger partial charge is 0.137 e. The molecule has 0 amide bonds. The van der Waals surface area contributed by atoms with Crippen molar-refractivity contribution in [3.63, 3.8) is 0 Å². The number of hydrogen-bond donors (Lipinski definition) is 0. The molecule has 2 atom stereocenters. The molecule has 0 spiro atoms. The number of nitrogens with zero attached hydrogens (tertiary/aromatic N) is 2. The summed E-state index contributed by atoms with van der Waals surface area (Å²) in [5.74, 6) is 0. The minimum atomic E-state index is 0.206. The molecule has 2 unspecified atom stereocenters. The predicted molar refractivity (Wildman–Crippen MR) is 70.2 cm³/mol. The average Bonchev–Trinajstić information content (AvgIpc) is 2.38. The molecule has 0 aliphatic carbocycles. The van der Waals surface area contributed by atoms with Crippen molar-refractivity contribution in [2.45, 2.75) is 57.0 Å². The lowest BCUT2D eigenvalue weighted by molar-refractivity contribution is -0.113. The molecule has 2 rings (SSSR count). The normalized spacial score (nSPS) is 32.5. The number of piperidine rings is 2.